The predicted octanol–water partition coefficient (Wildman–Crippen LogP) is 6.93. The van der Waals surface area contributed by atoms with Crippen molar-refractivity contribution in [2.75, 3.05) is 13.2 Å². The van der Waals surface area contributed by atoms with E-state index >= 15 is 0 Å². The summed E-state index contributed by atoms with van der Waals surface area (Å²) in [5.74, 6) is 4.45. The van der Waals surface area contributed by atoms with Crippen LogP contribution in [0.1, 0.15) is 97.3 Å². The van der Waals surface area contributed by atoms with Crippen molar-refractivity contribution in [1.29, 1.82) is 0 Å². The zero-order chi connectivity index (χ0) is 19.3. The Morgan fingerprint density at radius 2 is 1.43 bits per heavy atom. The van der Waals surface area contributed by atoms with Crippen LogP contribution in [-0.4, -0.2) is 25.4 Å². The SMILES string of the molecule is CC1=CCC(CCC2CCC(C3CCC(C4CCC(C)CC4)CO3)OC2)CC1. The first-order valence-electron chi connectivity index (χ1n) is 12.6. The first kappa shape index (κ1) is 20.9. The van der Waals surface area contributed by atoms with Crippen LogP contribution in [-0.2, 0) is 9.47 Å². The molecular formula is C26H44O2. The summed E-state index contributed by atoms with van der Waals surface area (Å²) in [5.41, 5.74) is 1.60. The van der Waals surface area contributed by atoms with Crippen LogP contribution < -0.4 is 0 Å². The summed E-state index contributed by atoms with van der Waals surface area (Å²) >= 11 is 0. The summed E-state index contributed by atoms with van der Waals surface area (Å²) in [4.78, 5) is 0. The minimum atomic E-state index is 0.379. The van der Waals surface area contributed by atoms with Crippen LogP contribution in [0.4, 0.5) is 0 Å². The molecule has 0 aromatic rings. The van der Waals surface area contributed by atoms with Crippen molar-refractivity contribution < 1.29 is 9.47 Å². The van der Waals surface area contributed by atoms with Crippen molar-refractivity contribution in [2.24, 2.45) is 29.6 Å². The van der Waals surface area contributed by atoms with E-state index in [9.17, 15) is 0 Å². The molecule has 4 aliphatic rings. The number of rotatable bonds is 5. The lowest BCUT2D eigenvalue weighted by molar-refractivity contribution is -0.137. The van der Waals surface area contributed by atoms with Gasteiger partial charge in [0.25, 0.3) is 0 Å². The molecule has 0 aromatic heterocycles. The van der Waals surface area contributed by atoms with Gasteiger partial charge in [0.15, 0.2) is 0 Å². The quantitative estimate of drug-likeness (QED) is 0.475. The summed E-state index contributed by atoms with van der Waals surface area (Å²) in [6, 6.07) is 0. The topological polar surface area (TPSA) is 18.5 Å². The zero-order valence-corrected chi connectivity index (χ0v) is 18.5. The molecule has 4 rings (SSSR count). The van der Waals surface area contributed by atoms with E-state index in [2.05, 4.69) is 19.9 Å². The molecule has 2 heterocycles. The molecule has 2 heteroatoms. The zero-order valence-electron chi connectivity index (χ0n) is 18.5. The fourth-order valence-electron chi connectivity index (χ4n) is 6.31. The van der Waals surface area contributed by atoms with Gasteiger partial charge in [0, 0.05) is 6.61 Å². The van der Waals surface area contributed by atoms with Crippen LogP contribution in [0, 0.1) is 29.6 Å². The van der Waals surface area contributed by atoms with Gasteiger partial charge in [0.1, 0.15) is 0 Å². The molecule has 0 spiro atoms. The smallest absolute Gasteiger partial charge is 0.0836 e. The molecule has 0 radical (unpaired) electrons. The average Bonchev–Trinajstić information content (AvgIpc) is 2.74. The molecule has 0 bridgehead atoms. The summed E-state index contributed by atoms with van der Waals surface area (Å²) in [6.45, 7) is 6.69. The molecule has 3 fully saturated rings. The van der Waals surface area contributed by atoms with Crippen LogP contribution in [0.2, 0.25) is 0 Å². The lowest BCUT2D eigenvalue weighted by atomic mass is 9.74. The van der Waals surface area contributed by atoms with Gasteiger partial charge in [-0.3, -0.25) is 0 Å². The Morgan fingerprint density at radius 3 is 2.04 bits per heavy atom. The number of ether oxygens (including phenoxy) is 2. The van der Waals surface area contributed by atoms with Crippen molar-refractivity contribution in [1.82, 2.24) is 0 Å². The Kier molecular flexibility index (Phi) is 7.55. The minimum absolute atomic E-state index is 0.379. The Balaban J connectivity index is 1.12. The number of hydrogen-bond acceptors (Lipinski definition) is 2. The van der Waals surface area contributed by atoms with E-state index in [1.165, 1.54) is 83.5 Å². The number of hydrogen-bond donors (Lipinski definition) is 0. The van der Waals surface area contributed by atoms with E-state index in [1.807, 2.05) is 0 Å². The fourth-order valence-corrected chi connectivity index (χ4v) is 6.31. The molecule has 28 heavy (non-hydrogen) atoms. The maximum atomic E-state index is 6.38. The van der Waals surface area contributed by atoms with Gasteiger partial charge < -0.3 is 9.47 Å². The molecule has 0 aromatic carbocycles. The molecular weight excluding hydrogens is 344 g/mol. The molecule has 2 aliphatic carbocycles. The highest BCUT2D eigenvalue weighted by Gasteiger charge is 2.35. The van der Waals surface area contributed by atoms with Gasteiger partial charge in [-0.1, -0.05) is 31.4 Å². The van der Waals surface area contributed by atoms with Crippen LogP contribution in [0.25, 0.3) is 0 Å². The Morgan fingerprint density at radius 1 is 0.750 bits per heavy atom. The minimum Gasteiger partial charge on any atom is -0.375 e. The van der Waals surface area contributed by atoms with Crippen molar-refractivity contribution in [3.05, 3.63) is 11.6 Å². The second-order valence-electron chi connectivity index (χ2n) is 10.8. The second-order valence-corrected chi connectivity index (χ2v) is 10.8. The van der Waals surface area contributed by atoms with Crippen molar-refractivity contribution in [3.8, 4) is 0 Å². The van der Waals surface area contributed by atoms with E-state index in [4.69, 9.17) is 9.47 Å². The Bertz CT molecular complexity index is 489. The van der Waals surface area contributed by atoms with Crippen molar-refractivity contribution >= 4 is 0 Å². The summed E-state index contributed by atoms with van der Waals surface area (Å²) in [5, 5.41) is 0. The van der Waals surface area contributed by atoms with Crippen molar-refractivity contribution in [3.63, 3.8) is 0 Å². The Hall–Kier alpha value is -0.340. The first-order valence-corrected chi connectivity index (χ1v) is 12.6. The highest BCUT2D eigenvalue weighted by atomic mass is 16.5. The first-order chi connectivity index (χ1) is 13.7. The lowest BCUT2D eigenvalue weighted by Crippen LogP contribution is -2.42. The predicted molar refractivity (Wildman–Crippen MR) is 116 cm³/mol. The normalized spacial score (nSPS) is 42.8. The third-order valence-electron chi connectivity index (χ3n) is 8.62. The molecule has 160 valence electrons. The van der Waals surface area contributed by atoms with Gasteiger partial charge in [-0.2, -0.15) is 0 Å². The van der Waals surface area contributed by atoms with Crippen molar-refractivity contribution in [2.45, 2.75) is 110 Å². The Labute approximate surface area is 173 Å². The standard InChI is InChI=1S/C26H44O2/c1-19-3-7-21(8-4-19)9-10-22-11-15-25(27-17-22)26-16-14-24(18-28-26)23-12-5-20(2)6-13-23/h3,20-26H,4-18H2,1-2H3. The van der Waals surface area contributed by atoms with E-state index in [0.29, 0.717) is 12.2 Å². The molecule has 0 N–H and O–H groups in total. The summed E-state index contributed by atoms with van der Waals surface area (Å²) in [7, 11) is 0. The van der Waals surface area contributed by atoms with Crippen LogP contribution >= 0.6 is 0 Å². The third-order valence-corrected chi connectivity index (χ3v) is 8.62. The van der Waals surface area contributed by atoms with Gasteiger partial charge in [-0.15, -0.1) is 0 Å². The molecule has 0 amide bonds. The van der Waals surface area contributed by atoms with Gasteiger partial charge in [-0.25, -0.2) is 0 Å². The highest BCUT2D eigenvalue weighted by Crippen LogP contribution is 2.39. The highest BCUT2D eigenvalue weighted by molar-refractivity contribution is 5.02. The van der Waals surface area contributed by atoms with Gasteiger partial charge in [0.05, 0.1) is 18.8 Å². The van der Waals surface area contributed by atoms with Crippen LogP contribution in [0.15, 0.2) is 11.6 Å². The maximum Gasteiger partial charge on any atom is 0.0836 e. The molecule has 1 saturated carbocycles. The van der Waals surface area contributed by atoms with E-state index < -0.39 is 0 Å². The average molecular weight is 389 g/mol. The van der Waals surface area contributed by atoms with E-state index in [0.717, 1.165) is 42.8 Å². The molecule has 2 saturated heterocycles. The number of allylic oxidation sites excluding steroid dienone is 2. The molecule has 5 atom stereocenters. The van der Waals surface area contributed by atoms with Gasteiger partial charge in [-0.05, 0) is 107 Å². The van der Waals surface area contributed by atoms with Crippen LogP contribution in [0.5, 0.6) is 0 Å². The monoisotopic (exact) mass is 388 g/mol. The maximum absolute atomic E-state index is 6.38. The fraction of sp³-hybridized carbons (Fsp3) is 0.923. The van der Waals surface area contributed by atoms with Crippen LogP contribution in [0.3, 0.4) is 0 Å². The van der Waals surface area contributed by atoms with Gasteiger partial charge >= 0.3 is 0 Å². The van der Waals surface area contributed by atoms with E-state index in [1.54, 1.807) is 5.57 Å². The third kappa shape index (κ3) is 5.63. The summed E-state index contributed by atoms with van der Waals surface area (Å²) < 4.78 is 12.7. The lowest BCUT2D eigenvalue weighted by Gasteiger charge is -2.41. The summed E-state index contributed by atoms with van der Waals surface area (Å²) in [6.07, 6.45) is 21.0. The largest absolute Gasteiger partial charge is 0.375 e. The molecule has 5 unspecified atom stereocenters. The molecule has 2 aliphatic heterocycles. The van der Waals surface area contributed by atoms with Gasteiger partial charge in [0.2, 0.25) is 0 Å². The van der Waals surface area contributed by atoms with E-state index in [-0.39, 0.29) is 0 Å². The second kappa shape index (κ2) is 10.1. The molecule has 2 nitrogen and oxygen atoms in total.